The fourth-order valence-corrected chi connectivity index (χ4v) is 2.08. The average molecular weight is 269 g/mol. The monoisotopic (exact) mass is 268 g/mol. The molecule has 1 atom stereocenters. The van der Waals surface area contributed by atoms with Gasteiger partial charge in [-0.25, -0.2) is 0 Å². The second-order valence-electron chi connectivity index (χ2n) is 5.55. The van der Waals surface area contributed by atoms with E-state index in [0.717, 1.165) is 5.56 Å². The molecule has 0 aliphatic carbocycles. The molecular formula is C12H18BClN2O2. The summed E-state index contributed by atoms with van der Waals surface area (Å²) in [6.07, 6.45) is 3.23. The first-order valence-corrected chi connectivity index (χ1v) is 6.33. The van der Waals surface area contributed by atoms with Gasteiger partial charge in [0.25, 0.3) is 0 Å². The van der Waals surface area contributed by atoms with Crippen molar-refractivity contribution in [1.29, 1.82) is 0 Å². The summed E-state index contributed by atoms with van der Waals surface area (Å²) in [5.41, 5.74) is 6.18. The molecule has 1 aromatic rings. The van der Waals surface area contributed by atoms with Gasteiger partial charge in [0, 0.05) is 12.4 Å². The van der Waals surface area contributed by atoms with Crippen molar-refractivity contribution in [2.24, 2.45) is 5.73 Å². The van der Waals surface area contributed by atoms with Gasteiger partial charge < -0.3 is 15.0 Å². The van der Waals surface area contributed by atoms with Crippen molar-refractivity contribution in [3.63, 3.8) is 0 Å². The van der Waals surface area contributed by atoms with Crippen LogP contribution >= 0.6 is 11.6 Å². The van der Waals surface area contributed by atoms with Crippen LogP contribution in [0.25, 0.3) is 0 Å². The molecule has 6 heteroatoms. The minimum absolute atomic E-state index is 0.394. The Morgan fingerprint density at radius 3 is 2.33 bits per heavy atom. The minimum Gasteiger partial charge on any atom is -0.402 e. The number of halogens is 1. The van der Waals surface area contributed by atoms with Crippen LogP contribution in [0, 0.1) is 0 Å². The van der Waals surface area contributed by atoms with Gasteiger partial charge in [-0.3, -0.25) is 4.98 Å². The van der Waals surface area contributed by atoms with Crippen LogP contribution < -0.4 is 5.73 Å². The fourth-order valence-electron chi connectivity index (χ4n) is 1.84. The highest BCUT2D eigenvalue weighted by Gasteiger charge is 2.53. The number of aromatic nitrogens is 1. The van der Waals surface area contributed by atoms with E-state index in [0.29, 0.717) is 5.02 Å². The molecule has 2 rings (SSSR count). The van der Waals surface area contributed by atoms with Gasteiger partial charge in [0.05, 0.1) is 22.2 Å². The summed E-state index contributed by atoms with van der Waals surface area (Å²) in [5, 5.41) is 0.528. The molecule has 0 bridgehead atoms. The summed E-state index contributed by atoms with van der Waals surface area (Å²) in [5.74, 6) is -0.429. The van der Waals surface area contributed by atoms with Crippen LogP contribution in [0.2, 0.25) is 5.02 Å². The maximum atomic E-state index is 6.18. The van der Waals surface area contributed by atoms with E-state index in [2.05, 4.69) is 4.98 Å². The van der Waals surface area contributed by atoms with E-state index in [1.54, 1.807) is 18.5 Å². The van der Waals surface area contributed by atoms with Gasteiger partial charge in [-0.05, 0) is 39.3 Å². The maximum Gasteiger partial charge on any atom is 0.480 e. The fraction of sp³-hybridized carbons (Fsp3) is 0.583. The van der Waals surface area contributed by atoms with Gasteiger partial charge in [-0.1, -0.05) is 11.6 Å². The summed E-state index contributed by atoms with van der Waals surface area (Å²) in [4.78, 5) is 3.94. The number of nitrogens with two attached hydrogens (primary N) is 1. The van der Waals surface area contributed by atoms with E-state index in [1.165, 1.54) is 0 Å². The van der Waals surface area contributed by atoms with Crippen LogP contribution in [0.4, 0.5) is 0 Å². The molecule has 1 aliphatic heterocycles. The van der Waals surface area contributed by atoms with Crippen molar-refractivity contribution in [2.45, 2.75) is 44.8 Å². The van der Waals surface area contributed by atoms with E-state index < -0.39 is 24.3 Å². The summed E-state index contributed by atoms with van der Waals surface area (Å²) in [6, 6.07) is 1.79. The topological polar surface area (TPSA) is 57.4 Å². The van der Waals surface area contributed by atoms with Crippen LogP contribution in [0.15, 0.2) is 18.5 Å². The van der Waals surface area contributed by atoms with E-state index in [9.17, 15) is 0 Å². The third kappa shape index (κ3) is 2.28. The zero-order valence-corrected chi connectivity index (χ0v) is 11.9. The first kappa shape index (κ1) is 13.8. The molecule has 0 amide bonds. The second-order valence-corrected chi connectivity index (χ2v) is 5.95. The van der Waals surface area contributed by atoms with Crippen LogP contribution in [0.3, 0.4) is 0 Å². The second kappa shape index (κ2) is 4.49. The quantitative estimate of drug-likeness (QED) is 0.837. The maximum absolute atomic E-state index is 6.18. The van der Waals surface area contributed by atoms with Gasteiger partial charge in [0.2, 0.25) is 0 Å². The number of pyridine rings is 1. The lowest BCUT2D eigenvalue weighted by Crippen LogP contribution is -2.41. The molecule has 0 saturated carbocycles. The van der Waals surface area contributed by atoms with Crippen molar-refractivity contribution in [1.82, 2.24) is 4.98 Å². The Kier molecular flexibility index (Phi) is 3.45. The number of hydrogen-bond acceptors (Lipinski definition) is 4. The molecular weight excluding hydrogens is 250 g/mol. The average Bonchev–Trinajstić information content (AvgIpc) is 2.48. The predicted molar refractivity (Wildman–Crippen MR) is 72.3 cm³/mol. The Morgan fingerprint density at radius 1 is 1.28 bits per heavy atom. The Balaban J connectivity index is 2.23. The summed E-state index contributed by atoms with van der Waals surface area (Å²) in [6.45, 7) is 7.98. The van der Waals surface area contributed by atoms with E-state index in [-0.39, 0.29) is 0 Å². The molecule has 1 aromatic heterocycles. The molecule has 1 fully saturated rings. The molecule has 0 spiro atoms. The van der Waals surface area contributed by atoms with Crippen LogP contribution in [0.1, 0.15) is 39.2 Å². The lowest BCUT2D eigenvalue weighted by molar-refractivity contribution is 0.00578. The highest BCUT2D eigenvalue weighted by atomic mass is 35.5. The smallest absolute Gasteiger partial charge is 0.402 e. The van der Waals surface area contributed by atoms with Crippen molar-refractivity contribution < 1.29 is 9.31 Å². The lowest BCUT2D eigenvalue weighted by Gasteiger charge is -2.32. The zero-order valence-electron chi connectivity index (χ0n) is 11.1. The van der Waals surface area contributed by atoms with Gasteiger partial charge in [0.1, 0.15) is 0 Å². The first-order chi connectivity index (χ1) is 8.24. The van der Waals surface area contributed by atoms with Crippen LogP contribution in [-0.2, 0) is 9.31 Å². The van der Waals surface area contributed by atoms with Crippen molar-refractivity contribution in [2.75, 3.05) is 0 Å². The Bertz CT molecular complexity index is 437. The Morgan fingerprint density at radius 2 is 1.83 bits per heavy atom. The Labute approximate surface area is 113 Å². The van der Waals surface area contributed by atoms with Crippen molar-refractivity contribution in [3.05, 3.63) is 29.0 Å². The number of hydrogen-bond donors (Lipinski definition) is 1. The van der Waals surface area contributed by atoms with Crippen LogP contribution in [0.5, 0.6) is 0 Å². The van der Waals surface area contributed by atoms with Gasteiger partial charge in [0.15, 0.2) is 0 Å². The zero-order chi connectivity index (χ0) is 13.6. The Hall–Kier alpha value is -0.615. The van der Waals surface area contributed by atoms with Crippen molar-refractivity contribution in [3.8, 4) is 0 Å². The van der Waals surface area contributed by atoms with Gasteiger partial charge in [-0.2, -0.15) is 0 Å². The van der Waals surface area contributed by atoms with Gasteiger partial charge >= 0.3 is 7.12 Å². The SMILES string of the molecule is CC1(C)OB([C@H](N)c2ccncc2Cl)OC1(C)C. The standard InChI is InChI=1S/C12H18BClN2O2/c1-11(2)12(3,4)18-13(17-11)10(15)8-5-6-16-7-9(8)14/h5-7,10H,15H2,1-4H3/t10-/m1/s1. The van der Waals surface area contributed by atoms with Crippen molar-refractivity contribution >= 4 is 18.7 Å². The molecule has 98 valence electrons. The highest BCUT2D eigenvalue weighted by molar-refractivity contribution is 6.48. The normalized spacial score (nSPS) is 23.1. The van der Waals surface area contributed by atoms with E-state index >= 15 is 0 Å². The predicted octanol–water partition coefficient (Wildman–Crippen LogP) is 2.37. The molecule has 0 radical (unpaired) electrons. The first-order valence-electron chi connectivity index (χ1n) is 5.95. The summed E-state index contributed by atoms with van der Waals surface area (Å²) >= 11 is 6.09. The van der Waals surface area contributed by atoms with E-state index in [1.807, 2.05) is 27.7 Å². The lowest BCUT2D eigenvalue weighted by atomic mass is 9.75. The molecule has 1 aliphatic rings. The number of nitrogens with zero attached hydrogens (tertiary/aromatic N) is 1. The summed E-state index contributed by atoms with van der Waals surface area (Å²) in [7, 11) is -0.505. The third-order valence-electron chi connectivity index (χ3n) is 3.73. The van der Waals surface area contributed by atoms with Gasteiger partial charge in [-0.15, -0.1) is 0 Å². The molecule has 1 saturated heterocycles. The largest absolute Gasteiger partial charge is 0.480 e. The molecule has 2 N–H and O–H groups in total. The summed E-state index contributed by atoms with van der Waals surface area (Å²) < 4.78 is 11.8. The molecule has 2 heterocycles. The van der Waals surface area contributed by atoms with E-state index in [4.69, 9.17) is 26.6 Å². The molecule has 0 aromatic carbocycles. The minimum atomic E-state index is -0.505. The third-order valence-corrected chi connectivity index (χ3v) is 4.04. The van der Waals surface area contributed by atoms with Crippen LogP contribution in [-0.4, -0.2) is 23.3 Å². The molecule has 0 unspecified atom stereocenters. The highest BCUT2D eigenvalue weighted by Crippen LogP contribution is 2.40. The molecule has 4 nitrogen and oxygen atoms in total. The number of rotatable bonds is 2. The molecule has 18 heavy (non-hydrogen) atoms.